The summed E-state index contributed by atoms with van der Waals surface area (Å²) in [6.07, 6.45) is 5.01. The van der Waals surface area contributed by atoms with Gasteiger partial charge >= 0.3 is 0 Å². The van der Waals surface area contributed by atoms with Crippen LogP contribution in [0.15, 0.2) is 66.7 Å². The van der Waals surface area contributed by atoms with Gasteiger partial charge in [-0.3, -0.25) is 19.7 Å². The minimum Gasteiger partial charge on any atom is -0.376 e. The fourth-order valence-electron chi connectivity index (χ4n) is 5.65. The molecule has 0 aromatic heterocycles. The Morgan fingerprint density at radius 2 is 1.78 bits per heavy atom. The second-order valence-electron chi connectivity index (χ2n) is 10.9. The Bertz CT molecular complexity index is 1400. The molecule has 2 aliphatic rings. The maximum Gasteiger partial charge on any atom is 0.273 e. The van der Waals surface area contributed by atoms with Gasteiger partial charge in [-0.15, -0.1) is 0 Å². The highest BCUT2D eigenvalue weighted by Crippen LogP contribution is 2.31. The largest absolute Gasteiger partial charge is 0.376 e. The van der Waals surface area contributed by atoms with Crippen LogP contribution in [0.3, 0.4) is 0 Å². The average Bonchev–Trinajstić information content (AvgIpc) is 3.51. The van der Waals surface area contributed by atoms with Gasteiger partial charge in [0.05, 0.1) is 16.6 Å². The summed E-state index contributed by atoms with van der Waals surface area (Å²) in [7, 11) is 0. The Labute approximate surface area is 240 Å². The molecule has 2 N–H and O–H groups in total. The minimum atomic E-state index is -0.500. The highest BCUT2D eigenvalue weighted by molar-refractivity contribution is 6.06. The van der Waals surface area contributed by atoms with Gasteiger partial charge in [-0.1, -0.05) is 36.4 Å². The number of anilines is 2. The van der Waals surface area contributed by atoms with E-state index in [0.29, 0.717) is 35.9 Å². The Morgan fingerprint density at radius 3 is 2.49 bits per heavy atom. The van der Waals surface area contributed by atoms with Crippen molar-refractivity contribution in [2.45, 2.75) is 45.1 Å². The Balaban J connectivity index is 1.32. The number of nitrogens with one attached hydrogen (secondary N) is 2. The molecule has 214 valence electrons. The number of rotatable bonds is 9. The molecule has 3 aromatic carbocycles. The van der Waals surface area contributed by atoms with Crippen molar-refractivity contribution in [3.63, 3.8) is 0 Å². The van der Waals surface area contributed by atoms with Crippen LogP contribution in [-0.4, -0.2) is 49.1 Å². The van der Waals surface area contributed by atoms with E-state index >= 15 is 0 Å². The Morgan fingerprint density at radius 1 is 1.00 bits per heavy atom. The van der Waals surface area contributed by atoms with Crippen LogP contribution in [0.25, 0.3) is 0 Å². The van der Waals surface area contributed by atoms with Crippen molar-refractivity contribution in [1.29, 1.82) is 0 Å². The topological polar surface area (TPSA) is 114 Å². The summed E-state index contributed by atoms with van der Waals surface area (Å²) in [5, 5.41) is 17.2. The van der Waals surface area contributed by atoms with Gasteiger partial charge in [0, 0.05) is 54.8 Å². The number of benzene rings is 3. The lowest BCUT2D eigenvalue weighted by Crippen LogP contribution is -2.37. The zero-order valence-electron chi connectivity index (χ0n) is 23.3. The molecule has 9 heteroatoms. The Hall–Kier alpha value is -4.24. The van der Waals surface area contributed by atoms with Crippen LogP contribution in [0.1, 0.15) is 57.5 Å². The number of nitro benzene ring substituents is 1. The molecule has 3 aromatic rings. The quantitative estimate of drug-likeness (QED) is 0.265. The number of ether oxygens (including phenoxy) is 1. The molecule has 41 heavy (non-hydrogen) atoms. The van der Waals surface area contributed by atoms with Crippen LogP contribution in [0.4, 0.5) is 17.1 Å². The summed E-state index contributed by atoms with van der Waals surface area (Å²) in [5.41, 5.74) is 3.65. The van der Waals surface area contributed by atoms with Crippen LogP contribution in [0, 0.1) is 23.0 Å². The average molecular weight is 557 g/mol. The first-order valence-electron chi connectivity index (χ1n) is 14.3. The monoisotopic (exact) mass is 556 g/mol. The van der Waals surface area contributed by atoms with Gasteiger partial charge in [0.1, 0.15) is 0 Å². The summed E-state index contributed by atoms with van der Waals surface area (Å²) in [5.74, 6) is -0.111. The predicted octanol–water partition coefficient (Wildman–Crippen LogP) is 5.52. The molecule has 1 unspecified atom stereocenters. The van der Waals surface area contributed by atoms with E-state index < -0.39 is 10.8 Å². The number of carbonyl (C=O) groups excluding carboxylic acids is 2. The van der Waals surface area contributed by atoms with Crippen LogP contribution >= 0.6 is 0 Å². The van der Waals surface area contributed by atoms with E-state index in [-0.39, 0.29) is 23.3 Å². The summed E-state index contributed by atoms with van der Waals surface area (Å²) < 4.78 is 5.68. The molecule has 2 fully saturated rings. The van der Waals surface area contributed by atoms with Gasteiger partial charge in [-0.25, -0.2) is 0 Å². The van der Waals surface area contributed by atoms with Crippen molar-refractivity contribution >= 4 is 28.9 Å². The van der Waals surface area contributed by atoms with Crippen molar-refractivity contribution in [3.8, 4) is 0 Å². The maximum atomic E-state index is 13.5. The molecule has 1 atom stereocenters. The number of carbonyl (C=O) groups is 2. The number of piperidine rings is 1. The third-order valence-electron chi connectivity index (χ3n) is 8.00. The van der Waals surface area contributed by atoms with Gasteiger partial charge in [0.2, 0.25) is 0 Å². The zero-order valence-corrected chi connectivity index (χ0v) is 23.3. The standard InChI is InChI=1S/C32H36N4O5/c1-22-9-10-25(19-30(22)36(39)40)31(37)34-26-11-12-29(28(20-26)32(38)33-21-27-8-5-17-41-27)35-15-13-24(14-16-35)18-23-6-3-2-4-7-23/h2-4,6-7,9-12,19-20,24,27H,5,8,13-18,21H2,1H3,(H,33,38)(H,34,37). The molecule has 5 rings (SSSR count). The van der Waals surface area contributed by atoms with Gasteiger partial charge < -0.3 is 20.3 Å². The molecule has 2 heterocycles. The van der Waals surface area contributed by atoms with Crippen molar-refractivity contribution in [2.75, 3.05) is 36.5 Å². The zero-order chi connectivity index (χ0) is 28.8. The van der Waals surface area contributed by atoms with Crippen molar-refractivity contribution in [2.24, 2.45) is 5.92 Å². The molecule has 0 bridgehead atoms. The number of aryl methyl sites for hydroxylation is 1. The first-order chi connectivity index (χ1) is 19.9. The van der Waals surface area contributed by atoms with Crippen LogP contribution in [-0.2, 0) is 11.2 Å². The van der Waals surface area contributed by atoms with E-state index in [1.165, 1.54) is 11.6 Å². The number of nitrogens with zero attached hydrogens (tertiary/aromatic N) is 2. The van der Waals surface area contributed by atoms with Gasteiger partial charge in [-0.2, -0.15) is 0 Å². The second-order valence-corrected chi connectivity index (χ2v) is 10.9. The highest BCUT2D eigenvalue weighted by Gasteiger charge is 2.25. The lowest BCUT2D eigenvalue weighted by Gasteiger charge is -2.35. The number of hydrogen-bond donors (Lipinski definition) is 2. The minimum absolute atomic E-state index is 0.0105. The molecule has 2 amide bonds. The van der Waals surface area contributed by atoms with E-state index in [9.17, 15) is 19.7 Å². The van der Waals surface area contributed by atoms with E-state index in [2.05, 4.69) is 39.8 Å². The lowest BCUT2D eigenvalue weighted by molar-refractivity contribution is -0.385. The smallest absolute Gasteiger partial charge is 0.273 e. The molecular weight excluding hydrogens is 520 g/mol. The molecule has 2 saturated heterocycles. The van der Waals surface area contributed by atoms with Crippen LogP contribution < -0.4 is 15.5 Å². The van der Waals surface area contributed by atoms with E-state index in [1.807, 2.05) is 12.1 Å². The number of hydrogen-bond acceptors (Lipinski definition) is 6. The Kier molecular flexibility index (Phi) is 8.94. The van der Waals surface area contributed by atoms with Crippen LogP contribution in [0.5, 0.6) is 0 Å². The fraction of sp³-hybridized carbons (Fsp3) is 0.375. The highest BCUT2D eigenvalue weighted by atomic mass is 16.6. The SMILES string of the molecule is Cc1ccc(C(=O)Nc2ccc(N3CCC(Cc4ccccc4)CC3)c(C(=O)NCC3CCCO3)c2)cc1[N+](=O)[O-]. The first-order valence-corrected chi connectivity index (χ1v) is 14.3. The number of nitro groups is 1. The normalized spacial score (nSPS) is 17.3. The third-order valence-corrected chi connectivity index (χ3v) is 8.00. The first kappa shape index (κ1) is 28.3. The lowest BCUT2D eigenvalue weighted by atomic mass is 9.89. The van der Waals surface area contributed by atoms with Gasteiger partial charge in [0.15, 0.2) is 0 Å². The third kappa shape index (κ3) is 7.10. The molecule has 2 aliphatic heterocycles. The summed E-state index contributed by atoms with van der Waals surface area (Å²) >= 11 is 0. The summed E-state index contributed by atoms with van der Waals surface area (Å²) in [6, 6.07) is 20.3. The van der Waals surface area contributed by atoms with Gasteiger partial charge in [0.25, 0.3) is 17.5 Å². The van der Waals surface area contributed by atoms with Crippen molar-refractivity contribution in [1.82, 2.24) is 5.32 Å². The fourth-order valence-corrected chi connectivity index (χ4v) is 5.65. The summed E-state index contributed by atoms with van der Waals surface area (Å²) in [6.45, 7) is 4.44. The van der Waals surface area contributed by atoms with E-state index in [1.54, 1.807) is 31.2 Å². The van der Waals surface area contributed by atoms with Crippen LogP contribution in [0.2, 0.25) is 0 Å². The molecule has 0 aliphatic carbocycles. The van der Waals surface area contributed by atoms with E-state index in [4.69, 9.17) is 4.74 Å². The predicted molar refractivity (Wildman–Crippen MR) is 159 cm³/mol. The van der Waals surface area contributed by atoms with Gasteiger partial charge in [-0.05, 0) is 74.8 Å². The molecule has 0 radical (unpaired) electrons. The number of amides is 2. The maximum absolute atomic E-state index is 13.5. The van der Waals surface area contributed by atoms with E-state index in [0.717, 1.165) is 50.9 Å². The summed E-state index contributed by atoms with van der Waals surface area (Å²) in [4.78, 5) is 39.5. The van der Waals surface area contributed by atoms with Crippen molar-refractivity contribution in [3.05, 3.63) is 99.1 Å². The molecule has 0 spiro atoms. The second kappa shape index (κ2) is 13.0. The molecule has 9 nitrogen and oxygen atoms in total. The van der Waals surface area contributed by atoms with Crippen molar-refractivity contribution < 1.29 is 19.2 Å². The molecular formula is C32H36N4O5. The molecule has 0 saturated carbocycles.